The minimum atomic E-state index is -5.08. The van der Waals surface area contributed by atoms with Gasteiger partial charge in [-0.05, 0) is 0 Å². The predicted molar refractivity (Wildman–Crippen MR) is 43.8 cm³/mol. The Hall–Kier alpha value is -0.220. The summed E-state index contributed by atoms with van der Waals surface area (Å²) in [5, 5.41) is 8.17. The van der Waals surface area contributed by atoms with Gasteiger partial charge in [-0.2, -0.15) is 4.31 Å². The van der Waals surface area contributed by atoms with Gasteiger partial charge in [0.25, 0.3) is 0 Å². The molecule has 82 valence electrons. The van der Waals surface area contributed by atoms with Crippen LogP contribution in [0.3, 0.4) is 0 Å². The molecule has 10 heteroatoms. The molecule has 0 aromatic rings. The highest BCUT2D eigenvalue weighted by molar-refractivity contribution is 7.60. The summed E-state index contributed by atoms with van der Waals surface area (Å²) in [6.07, 6.45) is 0. The van der Waals surface area contributed by atoms with Crippen molar-refractivity contribution in [2.24, 2.45) is 0 Å². The van der Waals surface area contributed by atoms with Gasteiger partial charge in [0.1, 0.15) is 13.2 Å². The summed E-state index contributed by atoms with van der Waals surface area (Å²) in [5.74, 6) is 4.17. The van der Waals surface area contributed by atoms with Crippen molar-refractivity contribution in [2.45, 2.75) is 0 Å². The first-order valence-corrected chi connectivity index (χ1v) is 6.10. The van der Waals surface area contributed by atoms with Crippen molar-refractivity contribution in [3.63, 3.8) is 0 Å². The lowest BCUT2D eigenvalue weighted by Gasteiger charge is -2.09. The molecule has 0 bridgehead atoms. The van der Waals surface area contributed by atoms with Crippen molar-refractivity contribution in [1.29, 1.82) is 0 Å². The van der Waals surface area contributed by atoms with Crippen LogP contribution >= 0.6 is 15.6 Å². The summed E-state index contributed by atoms with van der Waals surface area (Å²) in [6.45, 7) is -1.05. The molecule has 0 aromatic heterocycles. The third kappa shape index (κ3) is 8.38. The van der Waals surface area contributed by atoms with Crippen LogP contribution < -0.4 is 0 Å². The molecule has 4 N–H and O–H groups in total. The first-order chi connectivity index (χ1) is 6.27. The van der Waals surface area contributed by atoms with Gasteiger partial charge in [-0.25, -0.2) is 9.13 Å². The fourth-order valence-electron chi connectivity index (χ4n) is 0.379. The number of phosphoric acid groups is 2. The Balaban J connectivity index is 4.09. The average Bonchev–Trinajstić information content (AvgIpc) is 1.93. The summed E-state index contributed by atoms with van der Waals surface area (Å²) in [4.78, 5) is 25.0. The van der Waals surface area contributed by atoms with Crippen molar-refractivity contribution >= 4 is 15.6 Å². The van der Waals surface area contributed by atoms with E-state index in [0.717, 1.165) is 0 Å². The monoisotopic (exact) mass is 246 g/mol. The van der Waals surface area contributed by atoms with E-state index in [4.69, 9.17) is 19.8 Å². The Morgan fingerprint density at radius 3 is 2.14 bits per heavy atom. The molecule has 1 atom stereocenters. The highest BCUT2D eigenvalue weighted by atomic mass is 31.3. The molecule has 8 nitrogen and oxygen atoms in total. The van der Waals surface area contributed by atoms with Gasteiger partial charge in [0.2, 0.25) is 0 Å². The fraction of sp³-hybridized carbons (Fsp3) is 0.500. The van der Waals surface area contributed by atoms with Gasteiger partial charge in [-0.3, -0.25) is 4.52 Å². The molecular weight excluding hydrogens is 238 g/mol. The molecule has 0 spiro atoms. The van der Waals surface area contributed by atoms with Gasteiger partial charge < -0.3 is 19.8 Å². The van der Waals surface area contributed by atoms with Crippen molar-refractivity contribution in [2.75, 3.05) is 13.2 Å². The molecule has 0 amide bonds. The number of rotatable bonds is 4. The second kappa shape index (κ2) is 5.61. The normalized spacial score (nSPS) is 15.4. The van der Waals surface area contributed by atoms with Crippen molar-refractivity contribution in [3.8, 4) is 11.8 Å². The van der Waals surface area contributed by atoms with Crippen LogP contribution in [0.4, 0.5) is 0 Å². The Morgan fingerprint density at radius 2 is 1.71 bits per heavy atom. The molecule has 0 aliphatic heterocycles. The maximum absolute atomic E-state index is 10.7. The van der Waals surface area contributed by atoms with Crippen molar-refractivity contribution < 1.29 is 37.8 Å². The minimum absolute atomic E-state index is 0.460. The summed E-state index contributed by atoms with van der Waals surface area (Å²) in [6, 6.07) is 0. The zero-order chi connectivity index (χ0) is 11.2. The Bertz CT molecular complexity index is 320. The van der Waals surface area contributed by atoms with Crippen LogP contribution in [-0.4, -0.2) is 33.0 Å². The van der Waals surface area contributed by atoms with Gasteiger partial charge in [0, 0.05) is 0 Å². The zero-order valence-corrected chi connectivity index (χ0v) is 8.52. The number of hydrogen-bond acceptors (Lipinski definition) is 5. The summed E-state index contributed by atoms with van der Waals surface area (Å²) in [7, 11) is -9.88. The van der Waals surface area contributed by atoms with Crippen LogP contribution in [0.15, 0.2) is 0 Å². The van der Waals surface area contributed by atoms with Crippen molar-refractivity contribution in [3.05, 3.63) is 0 Å². The molecule has 0 rings (SSSR count). The van der Waals surface area contributed by atoms with E-state index in [-0.39, 0.29) is 0 Å². The number of aliphatic hydroxyl groups is 1. The SMILES string of the molecule is O=P(O)(O)OP(=O)(O)OCC#CCO. The molecule has 0 saturated carbocycles. The quantitative estimate of drug-likeness (QED) is 0.374. The van der Waals surface area contributed by atoms with Gasteiger partial charge >= 0.3 is 15.6 Å². The van der Waals surface area contributed by atoms with E-state index in [1.165, 1.54) is 0 Å². The zero-order valence-electron chi connectivity index (χ0n) is 6.73. The van der Waals surface area contributed by atoms with E-state index >= 15 is 0 Å². The van der Waals surface area contributed by atoms with Crippen LogP contribution in [0.5, 0.6) is 0 Å². The maximum atomic E-state index is 10.7. The predicted octanol–water partition coefficient (Wildman–Crippen LogP) is -0.792. The largest absolute Gasteiger partial charge is 0.482 e. The van der Waals surface area contributed by atoms with Gasteiger partial charge in [0.15, 0.2) is 0 Å². The summed E-state index contributed by atoms with van der Waals surface area (Å²) >= 11 is 0. The molecule has 0 aromatic carbocycles. The van der Waals surface area contributed by atoms with Gasteiger partial charge in [0.05, 0.1) is 0 Å². The van der Waals surface area contributed by atoms with E-state index in [1.807, 2.05) is 0 Å². The Kier molecular flexibility index (Phi) is 5.52. The second-order valence-corrected chi connectivity index (χ2v) is 4.66. The summed E-state index contributed by atoms with van der Waals surface area (Å²) in [5.41, 5.74) is 0. The highest BCUT2D eigenvalue weighted by Gasteiger charge is 2.31. The molecule has 0 aliphatic carbocycles. The van der Waals surface area contributed by atoms with Crippen LogP contribution in [0, 0.1) is 11.8 Å². The minimum Gasteiger partial charge on any atom is -0.384 e. The van der Waals surface area contributed by atoms with Crippen LogP contribution in [0.2, 0.25) is 0 Å². The Labute approximate surface area is 79.3 Å². The van der Waals surface area contributed by atoms with E-state index < -0.39 is 28.9 Å². The fourth-order valence-corrected chi connectivity index (χ4v) is 1.87. The molecule has 0 fully saturated rings. The van der Waals surface area contributed by atoms with E-state index in [1.54, 1.807) is 0 Å². The molecule has 0 aliphatic rings. The van der Waals surface area contributed by atoms with Crippen molar-refractivity contribution in [1.82, 2.24) is 0 Å². The first-order valence-electron chi connectivity index (χ1n) is 3.07. The number of hydrogen-bond donors (Lipinski definition) is 4. The smallest absolute Gasteiger partial charge is 0.384 e. The first kappa shape index (κ1) is 13.8. The highest BCUT2D eigenvalue weighted by Crippen LogP contribution is 2.57. The average molecular weight is 246 g/mol. The molecule has 0 radical (unpaired) electrons. The third-order valence-corrected chi connectivity index (χ3v) is 2.85. The number of phosphoric ester groups is 1. The summed E-state index contributed by atoms with van der Waals surface area (Å²) < 4.78 is 28.3. The van der Waals surface area contributed by atoms with E-state index in [9.17, 15) is 9.13 Å². The van der Waals surface area contributed by atoms with E-state index in [0.29, 0.717) is 0 Å². The van der Waals surface area contributed by atoms with Crippen LogP contribution in [-0.2, 0) is 18.0 Å². The lowest BCUT2D eigenvalue weighted by atomic mass is 10.6. The molecule has 1 unspecified atom stereocenters. The van der Waals surface area contributed by atoms with Gasteiger partial charge in [-0.1, -0.05) is 11.8 Å². The molecule has 0 heterocycles. The number of aliphatic hydroxyl groups excluding tert-OH is 1. The molecule has 0 saturated heterocycles. The van der Waals surface area contributed by atoms with Gasteiger partial charge in [-0.15, -0.1) is 0 Å². The lowest BCUT2D eigenvalue weighted by molar-refractivity contribution is 0.193. The van der Waals surface area contributed by atoms with E-state index in [2.05, 4.69) is 20.7 Å². The third-order valence-electron chi connectivity index (χ3n) is 0.713. The second-order valence-electron chi connectivity index (χ2n) is 1.83. The molecular formula is C4H8O8P2. The Morgan fingerprint density at radius 1 is 1.14 bits per heavy atom. The standard InChI is InChI=1S/C4H8O8P2/c5-3-1-2-4-11-14(9,10)12-13(6,7)8/h5H,3-4H2,(H,9,10)(H2,6,7,8). The maximum Gasteiger partial charge on any atom is 0.482 e. The van der Waals surface area contributed by atoms with Crippen LogP contribution in [0.25, 0.3) is 0 Å². The molecule has 14 heavy (non-hydrogen) atoms. The van der Waals surface area contributed by atoms with Crippen LogP contribution in [0.1, 0.15) is 0 Å². The lowest BCUT2D eigenvalue weighted by Crippen LogP contribution is -1.94. The topological polar surface area (TPSA) is 134 Å².